The molecule has 5 nitrogen and oxygen atoms in total. The number of nitrogens with zero attached hydrogens (tertiary/aromatic N) is 2. The second-order valence-corrected chi connectivity index (χ2v) is 5.39. The van der Waals surface area contributed by atoms with Gasteiger partial charge in [0, 0.05) is 18.0 Å². The van der Waals surface area contributed by atoms with Crippen molar-refractivity contribution in [1.29, 1.82) is 0 Å². The van der Waals surface area contributed by atoms with Crippen molar-refractivity contribution >= 4 is 22.4 Å². The zero-order chi connectivity index (χ0) is 12.8. The lowest BCUT2D eigenvalue weighted by Crippen LogP contribution is -2.33. The normalized spacial score (nSPS) is 10.9. The Morgan fingerprint density at radius 1 is 1.41 bits per heavy atom. The molecule has 0 aliphatic carbocycles. The van der Waals surface area contributed by atoms with Crippen LogP contribution in [0.25, 0.3) is 0 Å². The van der Waals surface area contributed by atoms with Crippen LogP contribution in [-0.2, 0) is 4.79 Å². The van der Waals surface area contributed by atoms with E-state index in [0.717, 1.165) is 23.7 Å². The largest absolute Gasteiger partial charge is 0.308 e. The minimum absolute atomic E-state index is 0.0440. The molecule has 0 fully saturated rings. The van der Waals surface area contributed by atoms with Crippen molar-refractivity contribution in [1.82, 2.24) is 15.2 Å². The lowest BCUT2D eigenvalue weighted by Gasteiger charge is -2.09. The van der Waals surface area contributed by atoms with Gasteiger partial charge >= 0.3 is 0 Å². The van der Waals surface area contributed by atoms with Crippen LogP contribution in [0, 0.1) is 13.8 Å². The molecule has 0 unspecified atom stereocenters. The van der Waals surface area contributed by atoms with E-state index in [0.29, 0.717) is 11.7 Å². The molecule has 1 aromatic rings. The van der Waals surface area contributed by atoms with Crippen molar-refractivity contribution in [2.24, 2.45) is 0 Å². The van der Waals surface area contributed by atoms with Crippen molar-refractivity contribution in [3.63, 3.8) is 0 Å². The molecule has 0 bridgehead atoms. The zero-order valence-electron chi connectivity index (χ0n) is 10.8. The number of carbonyl (C=O) groups excluding carboxylic acids is 1. The molecule has 1 heterocycles. The van der Waals surface area contributed by atoms with Crippen molar-refractivity contribution in [2.75, 3.05) is 39.0 Å². The van der Waals surface area contributed by atoms with Gasteiger partial charge in [-0.15, -0.1) is 11.3 Å². The molecule has 1 rings (SSSR count). The highest BCUT2D eigenvalue weighted by Gasteiger charge is 2.07. The summed E-state index contributed by atoms with van der Waals surface area (Å²) in [6.45, 7) is 5.99. The minimum atomic E-state index is -0.0440. The summed E-state index contributed by atoms with van der Waals surface area (Å²) < 4.78 is 0. The van der Waals surface area contributed by atoms with Crippen LogP contribution in [0.1, 0.15) is 10.6 Å². The molecule has 0 saturated heterocycles. The Balaban J connectivity index is 2.25. The molecule has 0 aromatic carbocycles. The van der Waals surface area contributed by atoms with Crippen LogP contribution in [-0.4, -0.2) is 49.5 Å². The number of amides is 1. The van der Waals surface area contributed by atoms with Crippen molar-refractivity contribution < 1.29 is 4.79 Å². The van der Waals surface area contributed by atoms with Gasteiger partial charge in [0.1, 0.15) is 0 Å². The van der Waals surface area contributed by atoms with Gasteiger partial charge in [-0.25, -0.2) is 4.98 Å². The van der Waals surface area contributed by atoms with E-state index in [1.165, 1.54) is 11.3 Å². The standard InChI is InChI=1S/C11H20N4OS/c1-8-9(2)17-11(13-8)14-10(16)7-12-5-6-15(3)4/h12H,5-7H2,1-4H3,(H,13,14,16). The van der Waals surface area contributed by atoms with E-state index in [1.807, 2.05) is 27.9 Å². The fourth-order valence-electron chi connectivity index (χ4n) is 1.19. The Labute approximate surface area is 106 Å². The summed E-state index contributed by atoms with van der Waals surface area (Å²) >= 11 is 1.51. The minimum Gasteiger partial charge on any atom is -0.308 e. The van der Waals surface area contributed by atoms with Crippen molar-refractivity contribution in [3.05, 3.63) is 10.6 Å². The lowest BCUT2D eigenvalue weighted by atomic mass is 10.4. The quantitative estimate of drug-likeness (QED) is 0.741. The molecule has 2 N–H and O–H groups in total. The molecule has 17 heavy (non-hydrogen) atoms. The van der Waals surface area contributed by atoms with Crippen LogP contribution < -0.4 is 10.6 Å². The Morgan fingerprint density at radius 2 is 2.12 bits per heavy atom. The highest BCUT2D eigenvalue weighted by Crippen LogP contribution is 2.20. The van der Waals surface area contributed by atoms with Crippen LogP contribution in [0.4, 0.5) is 5.13 Å². The molecule has 0 radical (unpaired) electrons. The van der Waals surface area contributed by atoms with Gasteiger partial charge in [0.2, 0.25) is 5.91 Å². The summed E-state index contributed by atoms with van der Waals surface area (Å²) in [7, 11) is 4.01. The lowest BCUT2D eigenvalue weighted by molar-refractivity contribution is -0.115. The van der Waals surface area contributed by atoms with Crippen LogP contribution in [0.15, 0.2) is 0 Å². The number of likely N-dealkylation sites (N-methyl/N-ethyl adjacent to an activating group) is 1. The Bertz CT molecular complexity index is 356. The number of aromatic nitrogens is 1. The van der Waals surface area contributed by atoms with E-state index in [9.17, 15) is 4.79 Å². The monoisotopic (exact) mass is 256 g/mol. The number of rotatable bonds is 6. The summed E-state index contributed by atoms with van der Waals surface area (Å²) in [6, 6.07) is 0. The molecule has 1 amide bonds. The summed E-state index contributed by atoms with van der Waals surface area (Å²) in [5.41, 5.74) is 0.978. The summed E-state index contributed by atoms with van der Waals surface area (Å²) in [6.07, 6.45) is 0. The maximum Gasteiger partial charge on any atom is 0.240 e. The van der Waals surface area contributed by atoms with Gasteiger partial charge in [-0.3, -0.25) is 4.79 Å². The summed E-state index contributed by atoms with van der Waals surface area (Å²) in [5, 5.41) is 6.55. The maximum absolute atomic E-state index is 11.6. The highest BCUT2D eigenvalue weighted by atomic mass is 32.1. The van der Waals surface area contributed by atoms with Gasteiger partial charge in [0.05, 0.1) is 12.2 Å². The first kappa shape index (κ1) is 14.1. The third-order valence-corrected chi connectivity index (χ3v) is 3.28. The third-order valence-electron chi connectivity index (χ3n) is 2.30. The van der Waals surface area contributed by atoms with E-state index in [-0.39, 0.29) is 5.91 Å². The molecule has 0 saturated carbocycles. The summed E-state index contributed by atoms with van der Waals surface area (Å²) in [5.74, 6) is -0.0440. The molecule has 0 spiro atoms. The molecule has 0 aliphatic heterocycles. The zero-order valence-corrected chi connectivity index (χ0v) is 11.6. The first-order chi connectivity index (χ1) is 7.99. The average Bonchev–Trinajstić information content (AvgIpc) is 2.52. The van der Waals surface area contributed by atoms with Gasteiger partial charge in [0.25, 0.3) is 0 Å². The predicted octanol–water partition coefficient (Wildman–Crippen LogP) is 0.850. The third kappa shape index (κ3) is 5.25. The smallest absolute Gasteiger partial charge is 0.240 e. The van der Waals surface area contributed by atoms with Gasteiger partial charge < -0.3 is 15.5 Å². The molecule has 1 aromatic heterocycles. The molecule has 6 heteroatoms. The fraction of sp³-hybridized carbons (Fsp3) is 0.636. The average molecular weight is 256 g/mol. The SMILES string of the molecule is Cc1nc(NC(=O)CNCCN(C)C)sc1C. The summed E-state index contributed by atoms with van der Waals surface area (Å²) in [4.78, 5) is 19.0. The molecule has 0 atom stereocenters. The second kappa shape index (κ2) is 6.68. The van der Waals surface area contributed by atoms with Crippen LogP contribution in [0.2, 0.25) is 0 Å². The van der Waals surface area contributed by atoms with Crippen LogP contribution in [0.5, 0.6) is 0 Å². The number of hydrogen-bond donors (Lipinski definition) is 2. The van der Waals surface area contributed by atoms with E-state index >= 15 is 0 Å². The number of anilines is 1. The molecule has 0 aliphatic rings. The highest BCUT2D eigenvalue weighted by molar-refractivity contribution is 7.15. The first-order valence-corrected chi connectivity index (χ1v) is 6.40. The first-order valence-electron chi connectivity index (χ1n) is 5.58. The van der Waals surface area contributed by atoms with Crippen LogP contribution >= 0.6 is 11.3 Å². The van der Waals surface area contributed by atoms with E-state index in [2.05, 4.69) is 20.5 Å². The molecule has 96 valence electrons. The van der Waals surface area contributed by atoms with Gasteiger partial charge in [-0.2, -0.15) is 0 Å². The fourth-order valence-corrected chi connectivity index (χ4v) is 2.03. The van der Waals surface area contributed by atoms with Crippen molar-refractivity contribution in [2.45, 2.75) is 13.8 Å². The number of aryl methyl sites for hydroxylation is 2. The van der Waals surface area contributed by atoms with E-state index in [1.54, 1.807) is 0 Å². The second-order valence-electron chi connectivity index (χ2n) is 4.19. The number of carbonyl (C=O) groups is 1. The molecular formula is C11H20N4OS. The van der Waals surface area contributed by atoms with Gasteiger partial charge in [-0.1, -0.05) is 0 Å². The maximum atomic E-state index is 11.6. The van der Waals surface area contributed by atoms with Crippen LogP contribution in [0.3, 0.4) is 0 Å². The number of hydrogen-bond acceptors (Lipinski definition) is 5. The Morgan fingerprint density at radius 3 is 2.65 bits per heavy atom. The Kier molecular flexibility index (Phi) is 5.54. The number of nitrogens with one attached hydrogen (secondary N) is 2. The Hall–Kier alpha value is -0.980. The van der Waals surface area contributed by atoms with Crippen molar-refractivity contribution in [3.8, 4) is 0 Å². The van der Waals surface area contributed by atoms with E-state index < -0.39 is 0 Å². The van der Waals surface area contributed by atoms with Gasteiger partial charge in [0.15, 0.2) is 5.13 Å². The molecular weight excluding hydrogens is 236 g/mol. The number of thiazole rings is 1. The topological polar surface area (TPSA) is 57.3 Å². The van der Waals surface area contributed by atoms with Gasteiger partial charge in [-0.05, 0) is 27.9 Å². The van der Waals surface area contributed by atoms with E-state index in [4.69, 9.17) is 0 Å². The predicted molar refractivity (Wildman–Crippen MR) is 71.6 cm³/mol.